The zero-order valence-electron chi connectivity index (χ0n) is 11.4. The first-order valence-corrected chi connectivity index (χ1v) is 7.87. The smallest absolute Gasteiger partial charge is 0.225 e. The maximum atomic E-state index is 11.8. The quantitative estimate of drug-likeness (QED) is 0.634. The van der Waals surface area contributed by atoms with E-state index >= 15 is 0 Å². The summed E-state index contributed by atoms with van der Waals surface area (Å²) < 4.78 is 0.731. The van der Waals surface area contributed by atoms with Crippen molar-refractivity contribution in [2.75, 3.05) is 6.54 Å². The van der Waals surface area contributed by atoms with Crippen LogP contribution in [0.5, 0.6) is 0 Å². The summed E-state index contributed by atoms with van der Waals surface area (Å²) in [5.74, 6) is 0.0615. The topological polar surface area (TPSA) is 44.9 Å². The third kappa shape index (κ3) is 4.58. The standard InChI is InChI=1S/C15H18N2OS2/c1-11-13(20-15(19)17-11)10-14(18)16-9-5-8-12-6-3-2-4-7-12/h2-4,6-7H,5,8-10H2,1H3,(H,16,18)(H,17,19). The molecule has 0 atom stereocenters. The van der Waals surface area contributed by atoms with E-state index in [1.54, 1.807) is 0 Å². The Morgan fingerprint density at radius 2 is 2.10 bits per heavy atom. The molecule has 0 bridgehead atoms. The Morgan fingerprint density at radius 1 is 1.35 bits per heavy atom. The molecule has 106 valence electrons. The number of thiazole rings is 1. The van der Waals surface area contributed by atoms with Crippen LogP contribution >= 0.6 is 23.6 Å². The predicted octanol–water partition coefficient (Wildman–Crippen LogP) is 3.41. The van der Waals surface area contributed by atoms with Crippen LogP contribution in [0.2, 0.25) is 0 Å². The highest BCUT2D eigenvalue weighted by atomic mass is 32.1. The third-order valence-electron chi connectivity index (χ3n) is 3.05. The van der Waals surface area contributed by atoms with E-state index in [1.807, 2.05) is 25.1 Å². The van der Waals surface area contributed by atoms with E-state index in [4.69, 9.17) is 12.2 Å². The van der Waals surface area contributed by atoms with Crippen LogP contribution in [0.3, 0.4) is 0 Å². The lowest BCUT2D eigenvalue weighted by molar-refractivity contribution is -0.120. The molecule has 1 amide bonds. The molecule has 1 heterocycles. The van der Waals surface area contributed by atoms with Crippen molar-refractivity contribution in [2.24, 2.45) is 0 Å². The summed E-state index contributed by atoms with van der Waals surface area (Å²) in [6.45, 7) is 2.66. The largest absolute Gasteiger partial charge is 0.356 e. The van der Waals surface area contributed by atoms with Gasteiger partial charge < -0.3 is 10.3 Å². The molecule has 0 saturated heterocycles. The molecule has 0 spiro atoms. The molecule has 0 aliphatic carbocycles. The third-order valence-corrected chi connectivity index (χ3v) is 4.39. The zero-order valence-corrected chi connectivity index (χ0v) is 13.1. The van der Waals surface area contributed by atoms with Crippen molar-refractivity contribution in [2.45, 2.75) is 26.2 Å². The van der Waals surface area contributed by atoms with Gasteiger partial charge in [0, 0.05) is 17.1 Å². The SMILES string of the molecule is Cc1[nH]c(=S)sc1CC(=O)NCCCc1ccccc1. The second-order valence-corrected chi connectivity index (χ2v) is 6.45. The van der Waals surface area contributed by atoms with Gasteiger partial charge in [-0.2, -0.15) is 0 Å². The van der Waals surface area contributed by atoms with Crippen LogP contribution in [-0.2, 0) is 17.6 Å². The lowest BCUT2D eigenvalue weighted by Crippen LogP contribution is -2.26. The number of H-pyrrole nitrogens is 1. The summed E-state index contributed by atoms with van der Waals surface area (Å²) in [4.78, 5) is 15.9. The highest BCUT2D eigenvalue weighted by molar-refractivity contribution is 7.73. The monoisotopic (exact) mass is 306 g/mol. The number of nitrogens with one attached hydrogen (secondary N) is 2. The Balaban J connectivity index is 1.70. The molecule has 20 heavy (non-hydrogen) atoms. The molecule has 0 unspecified atom stereocenters. The van der Waals surface area contributed by atoms with Crippen molar-refractivity contribution in [3.05, 3.63) is 50.4 Å². The van der Waals surface area contributed by atoms with Crippen molar-refractivity contribution >= 4 is 29.5 Å². The molecular formula is C15H18N2OS2. The van der Waals surface area contributed by atoms with Crippen LogP contribution < -0.4 is 5.32 Å². The van der Waals surface area contributed by atoms with Gasteiger partial charge in [0.1, 0.15) is 0 Å². The van der Waals surface area contributed by atoms with E-state index in [0.29, 0.717) is 13.0 Å². The number of aromatic nitrogens is 1. The van der Waals surface area contributed by atoms with Crippen molar-refractivity contribution in [1.29, 1.82) is 0 Å². The number of amides is 1. The van der Waals surface area contributed by atoms with Gasteiger partial charge >= 0.3 is 0 Å². The highest BCUT2D eigenvalue weighted by Crippen LogP contribution is 2.14. The van der Waals surface area contributed by atoms with Gasteiger partial charge in [-0.1, -0.05) is 30.3 Å². The summed E-state index contributed by atoms with van der Waals surface area (Å²) in [7, 11) is 0. The molecule has 1 aromatic heterocycles. The number of aryl methyl sites for hydroxylation is 2. The first-order chi connectivity index (χ1) is 9.65. The van der Waals surface area contributed by atoms with Crippen LogP contribution in [0.15, 0.2) is 30.3 Å². The maximum Gasteiger partial charge on any atom is 0.225 e. The van der Waals surface area contributed by atoms with E-state index in [1.165, 1.54) is 16.9 Å². The highest BCUT2D eigenvalue weighted by Gasteiger charge is 2.07. The fraction of sp³-hybridized carbons (Fsp3) is 0.333. The average Bonchev–Trinajstić information content (AvgIpc) is 2.74. The van der Waals surface area contributed by atoms with Crippen LogP contribution in [0.25, 0.3) is 0 Å². The molecule has 0 aliphatic rings. The van der Waals surface area contributed by atoms with Gasteiger partial charge in [-0.25, -0.2) is 0 Å². The fourth-order valence-corrected chi connectivity index (χ4v) is 3.27. The van der Waals surface area contributed by atoms with E-state index < -0.39 is 0 Å². The summed E-state index contributed by atoms with van der Waals surface area (Å²) >= 11 is 6.54. The first kappa shape index (κ1) is 14.9. The first-order valence-electron chi connectivity index (χ1n) is 6.64. The number of carbonyl (C=O) groups is 1. The van der Waals surface area contributed by atoms with Crippen molar-refractivity contribution in [3.63, 3.8) is 0 Å². The molecule has 0 saturated carbocycles. The van der Waals surface area contributed by atoms with Crippen LogP contribution in [0.1, 0.15) is 22.6 Å². The zero-order chi connectivity index (χ0) is 14.4. The minimum absolute atomic E-state index is 0.0615. The summed E-state index contributed by atoms with van der Waals surface area (Å²) in [5.41, 5.74) is 2.31. The van der Waals surface area contributed by atoms with E-state index in [2.05, 4.69) is 22.4 Å². The van der Waals surface area contributed by atoms with Gasteiger partial charge in [0.2, 0.25) is 5.91 Å². The summed E-state index contributed by atoms with van der Waals surface area (Å²) in [6, 6.07) is 10.3. The molecule has 2 aromatic rings. The van der Waals surface area contributed by atoms with Crippen LogP contribution in [0.4, 0.5) is 0 Å². The summed E-state index contributed by atoms with van der Waals surface area (Å²) in [5, 5.41) is 2.96. The van der Waals surface area contributed by atoms with Crippen molar-refractivity contribution in [3.8, 4) is 0 Å². The Labute approximate surface area is 128 Å². The molecule has 5 heteroatoms. The number of aromatic amines is 1. The number of benzene rings is 1. The van der Waals surface area contributed by atoms with E-state index in [9.17, 15) is 4.79 Å². The maximum absolute atomic E-state index is 11.8. The molecule has 2 rings (SSSR count). The van der Waals surface area contributed by atoms with E-state index in [-0.39, 0.29) is 5.91 Å². The van der Waals surface area contributed by atoms with E-state index in [0.717, 1.165) is 27.4 Å². The fourth-order valence-electron chi connectivity index (χ4n) is 1.98. The molecule has 1 aromatic carbocycles. The van der Waals surface area contributed by atoms with Gasteiger partial charge in [-0.15, -0.1) is 11.3 Å². The Hall–Kier alpha value is -1.46. The molecule has 3 nitrogen and oxygen atoms in total. The number of rotatable bonds is 6. The van der Waals surface area contributed by atoms with Crippen molar-refractivity contribution < 1.29 is 4.79 Å². The molecule has 0 fully saturated rings. The predicted molar refractivity (Wildman–Crippen MR) is 85.7 cm³/mol. The number of carbonyl (C=O) groups excluding carboxylic acids is 1. The minimum atomic E-state index is 0.0615. The van der Waals surface area contributed by atoms with Crippen molar-refractivity contribution in [1.82, 2.24) is 10.3 Å². The molecule has 0 radical (unpaired) electrons. The molecule has 2 N–H and O–H groups in total. The second kappa shape index (κ2) is 7.36. The Kier molecular flexibility index (Phi) is 5.49. The lowest BCUT2D eigenvalue weighted by atomic mass is 10.1. The Bertz CT molecular complexity index is 616. The lowest BCUT2D eigenvalue weighted by Gasteiger charge is -2.05. The number of hydrogen-bond donors (Lipinski definition) is 2. The van der Waals surface area contributed by atoms with Gasteiger partial charge in [-0.3, -0.25) is 4.79 Å². The Morgan fingerprint density at radius 3 is 2.75 bits per heavy atom. The minimum Gasteiger partial charge on any atom is -0.356 e. The average molecular weight is 306 g/mol. The van der Waals surface area contributed by atoms with Crippen LogP contribution in [0, 0.1) is 10.9 Å². The van der Waals surface area contributed by atoms with Gasteiger partial charge in [0.15, 0.2) is 3.95 Å². The second-order valence-electron chi connectivity index (χ2n) is 4.68. The normalized spacial score (nSPS) is 10.4. The van der Waals surface area contributed by atoms with Gasteiger partial charge in [0.05, 0.1) is 6.42 Å². The van der Waals surface area contributed by atoms with Gasteiger partial charge in [0.25, 0.3) is 0 Å². The molecule has 0 aliphatic heterocycles. The summed E-state index contributed by atoms with van der Waals surface area (Å²) in [6.07, 6.45) is 2.36. The number of hydrogen-bond acceptors (Lipinski definition) is 3. The van der Waals surface area contributed by atoms with Crippen LogP contribution in [-0.4, -0.2) is 17.4 Å². The molecular weight excluding hydrogens is 288 g/mol. The van der Waals surface area contributed by atoms with Gasteiger partial charge in [-0.05, 0) is 37.5 Å².